The molecule has 0 fully saturated rings. The average Bonchev–Trinajstić information content (AvgIpc) is 2.46. The van der Waals surface area contributed by atoms with Crippen molar-refractivity contribution in [2.45, 2.75) is 12.5 Å². The van der Waals surface area contributed by atoms with Crippen LogP contribution in [0.4, 0.5) is 5.69 Å². The molecule has 0 N–H and O–H groups in total. The van der Waals surface area contributed by atoms with E-state index in [9.17, 15) is 10.1 Å². The zero-order valence-electron chi connectivity index (χ0n) is 10.4. The molecule has 2 aromatic rings. The van der Waals surface area contributed by atoms with Crippen LogP contribution in [0.3, 0.4) is 0 Å². The van der Waals surface area contributed by atoms with Gasteiger partial charge in [-0.25, -0.2) is 0 Å². The van der Waals surface area contributed by atoms with Gasteiger partial charge in [0.2, 0.25) is 0 Å². The van der Waals surface area contributed by atoms with E-state index in [4.69, 9.17) is 16.3 Å². The van der Waals surface area contributed by atoms with Crippen LogP contribution in [0, 0.1) is 10.1 Å². The Bertz CT molecular complexity index is 616. The van der Waals surface area contributed by atoms with Gasteiger partial charge in [0.25, 0.3) is 5.69 Å². The Morgan fingerprint density at radius 3 is 2.50 bits per heavy atom. The van der Waals surface area contributed by atoms with Crippen LogP contribution in [0.5, 0.6) is 5.75 Å². The van der Waals surface area contributed by atoms with Crippen LogP contribution in [0.2, 0.25) is 0 Å². The van der Waals surface area contributed by atoms with E-state index in [0.717, 1.165) is 15.6 Å². The van der Waals surface area contributed by atoms with E-state index >= 15 is 0 Å². The van der Waals surface area contributed by atoms with E-state index in [0.29, 0.717) is 18.2 Å². The number of rotatable bonds is 5. The van der Waals surface area contributed by atoms with Crippen LogP contribution in [-0.2, 0) is 12.5 Å². The number of ether oxygens (including phenoxy) is 1. The summed E-state index contributed by atoms with van der Waals surface area (Å²) in [4.78, 5) is 10.1. The molecule has 0 aromatic heterocycles. The quantitative estimate of drug-likeness (QED) is 0.444. The molecule has 0 heterocycles. The van der Waals surface area contributed by atoms with E-state index in [2.05, 4.69) is 15.9 Å². The first-order valence-electron chi connectivity index (χ1n) is 5.80. The number of halogens is 2. The number of nitrogens with zero attached hydrogens (tertiary/aromatic N) is 1. The van der Waals surface area contributed by atoms with Gasteiger partial charge in [0, 0.05) is 22.2 Å². The van der Waals surface area contributed by atoms with E-state index in [1.807, 2.05) is 18.2 Å². The Labute approximate surface area is 129 Å². The predicted octanol–water partition coefficient (Wildman–Crippen LogP) is 4.68. The summed E-state index contributed by atoms with van der Waals surface area (Å²) in [5.41, 5.74) is 1.82. The summed E-state index contributed by atoms with van der Waals surface area (Å²) in [6.45, 7) is 0.337. The third-order valence-corrected chi connectivity index (χ3v) is 3.49. The monoisotopic (exact) mass is 355 g/mol. The fourth-order valence-corrected chi connectivity index (χ4v) is 2.29. The number of non-ortho nitro benzene ring substituents is 1. The van der Waals surface area contributed by atoms with Gasteiger partial charge in [0.15, 0.2) is 0 Å². The highest BCUT2D eigenvalue weighted by Gasteiger charge is 2.06. The average molecular weight is 357 g/mol. The number of nitro groups is 1. The van der Waals surface area contributed by atoms with Crippen LogP contribution >= 0.6 is 27.5 Å². The van der Waals surface area contributed by atoms with E-state index in [1.54, 1.807) is 12.1 Å². The third-order valence-electron chi connectivity index (χ3n) is 2.71. The SMILES string of the molecule is O=[N+]([O-])c1ccc(COc2ccc(Br)cc2CCl)cc1. The molecule has 104 valence electrons. The van der Waals surface area contributed by atoms with Crippen molar-refractivity contribution in [1.82, 2.24) is 0 Å². The topological polar surface area (TPSA) is 52.4 Å². The minimum absolute atomic E-state index is 0.0684. The zero-order valence-corrected chi connectivity index (χ0v) is 12.7. The number of nitro benzene ring substituents is 1. The van der Waals surface area contributed by atoms with Gasteiger partial charge in [-0.05, 0) is 35.9 Å². The molecule has 0 saturated carbocycles. The number of alkyl halides is 1. The van der Waals surface area contributed by atoms with Crippen molar-refractivity contribution in [3.8, 4) is 5.75 Å². The van der Waals surface area contributed by atoms with Crippen molar-refractivity contribution >= 4 is 33.2 Å². The molecular weight excluding hydrogens is 346 g/mol. The van der Waals surface area contributed by atoms with Gasteiger partial charge < -0.3 is 4.74 Å². The largest absolute Gasteiger partial charge is 0.489 e. The van der Waals surface area contributed by atoms with E-state index in [-0.39, 0.29) is 5.69 Å². The highest BCUT2D eigenvalue weighted by atomic mass is 79.9. The van der Waals surface area contributed by atoms with Crippen LogP contribution in [0.15, 0.2) is 46.9 Å². The fourth-order valence-electron chi connectivity index (χ4n) is 1.67. The lowest BCUT2D eigenvalue weighted by atomic mass is 10.2. The molecule has 0 aliphatic carbocycles. The second-order valence-electron chi connectivity index (χ2n) is 4.10. The highest BCUT2D eigenvalue weighted by molar-refractivity contribution is 9.10. The Hall–Kier alpha value is -1.59. The van der Waals surface area contributed by atoms with Gasteiger partial charge in [0.05, 0.1) is 10.8 Å². The first-order chi connectivity index (χ1) is 9.60. The molecule has 4 nitrogen and oxygen atoms in total. The van der Waals surface area contributed by atoms with E-state index < -0.39 is 4.92 Å². The maximum Gasteiger partial charge on any atom is 0.269 e. The van der Waals surface area contributed by atoms with Crippen LogP contribution in [0.1, 0.15) is 11.1 Å². The molecule has 2 aromatic carbocycles. The smallest absolute Gasteiger partial charge is 0.269 e. The van der Waals surface area contributed by atoms with Crippen LogP contribution in [0.25, 0.3) is 0 Å². The molecule has 0 saturated heterocycles. The first-order valence-corrected chi connectivity index (χ1v) is 7.13. The summed E-state index contributed by atoms with van der Waals surface area (Å²) < 4.78 is 6.63. The Balaban J connectivity index is 2.06. The molecule has 2 rings (SSSR count). The summed E-state index contributed by atoms with van der Waals surface area (Å²) in [6.07, 6.45) is 0. The summed E-state index contributed by atoms with van der Waals surface area (Å²) in [7, 11) is 0. The molecule has 0 unspecified atom stereocenters. The zero-order chi connectivity index (χ0) is 14.5. The summed E-state index contributed by atoms with van der Waals surface area (Å²) in [5.74, 6) is 1.07. The van der Waals surface area contributed by atoms with Crippen molar-refractivity contribution in [3.05, 3.63) is 68.2 Å². The molecule has 0 spiro atoms. The lowest BCUT2D eigenvalue weighted by Crippen LogP contribution is -1.98. The standard InChI is InChI=1S/C14H11BrClNO3/c15-12-3-6-14(11(7-12)8-16)20-9-10-1-4-13(5-2-10)17(18)19/h1-7H,8-9H2. The van der Waals surface area contributed by atoms with Crippen molar-refractivity contribution in [1.29, 1.82) is 0 Å². The molecule has 0 bridgehead atoms. The number of benzene rings is 2. The second-order valence-corrected chi connectivity index (χ2v) is 5.28. The molecular formula is C14H11BrClNO3. The van der Waals surface area contributed by atoms with Crippen molar-refractivity contribution in [2.24, 2.45) is 0 Å². The first kappa shape index (κ1) is 14.8. The maximum absolute atomic E-state index is 10.6. The van der Waals surface area contributed by atoms with Crippen molar-refractivity contribution in [2.75, 3.05) is 0 Å². The molecule has 20 heavy (non-hydrogen) atoms. The summed E-state index contributed by atoms with van der Waals surface area (Å²) >= 11 is 9.24. The van der Waals surface area contributed by atoms with Crippen molar-refractivity contribution < 1.29 is 9.66 Å². The van der Waals surface area contributed by atoms with Crippen molar-refractivity contribution in [3.63, 3.8) is 0 Å². The molecule has 0 aliphatic rings. The summed E-state index contributed by atoms with van der Waals surface area (Å²) in [5, 5.41) is 10.6. The Morgan fingerprint density at radius 2 is 1.90 bits per heavy atom. The molecule has 0 atom stereocenters. The lowest BCUT2D eigenvalue weighted by Gasteiger charge is -2.10. The van der Waals surface area contributed by atoms with E-state index in [1.165, 1.54) is 12.1 Å². The molecule has 0 aliphatic heterocycles. The maximum atomic E-state index is 10.6. The van der Waals surface area contributed by atoms with Gasteiger partial charge in [-0.3, -0.25) is 10.1 Å². The highest BCUT2D eigenvalue weighted by Crippen LogP contribution is 2.25. The Kier molecular flexibility index (Phi) is 4.98. The third kappa shape index (κ3) is 3.71. The number of hydrogen-bond acceptors (Lipinski definition) is 3. The summed E-state index contributed by atoms with van der Waals surface area (Å²) in [6, 6.07) is 11.9. The fraction of sp³-hybridized carbons (Fsp3) is 0.143. The van der Waals surface area contributed by atoms with Gasteiger partial charge in [-0.15, -0.1) is 11.6 Å². The van der Waals surface area contributed by atoms with Crippen LogP contribution < -0.4 is 4.74 Å². The Morgan fingerprint density at radius 1 is 1.20 bits per heavy atom. The van der Waals surface area contributed by atoms with Gasteiger partial charge >= 0.3 is 0 Å². The molecule has 6 heteroatoms. The molecule has 0 amide bonds. The van der Waals surface area contributed by atoms with Crippen LogP contribution in [-0.4, -0.2) is 4.92 Å². The normalized spacial score (nSPS) is 10.3. The number of hydrogen-bond donors (Lipinski definition) is 0. The minimum atomic E-state index is -0.426. The van der Waals surface area contributed by atoms with Gasteiger partial charge in [-0.2, -0.15) is 0 Å². The van der Waals surface area contributed by atoms with Gasteiger partial charge in [0.1, 0.15) is 12.4 Å². The lowest BCUT2D eigenvalue weighted by molar-refractivity contribution is -0.384. The molecule has 0 radical (unpaired) electrons. The second kappa shape index (κ2) is 6.72. The predicted molar refractivity (Wildman–Crippen MR) is 81.1 cm³/mol. The van der Waals surface area contributed by atoms with Gasteiger partial charge in [-0.1, -0.05) is 15.9 Å². The minimum Gasteiger partial charge on any atom is -0.489 e.